The van der Waals surface area contributed by atoms with Crippen molar-refractivity contribution in [3.05, 3.63) is 59.2 Å². The molecule has 3 aliphatic rings. The summed E-state index contributed by atoms with van der Waals surface area (Å²) in [7, 11) is 3.39. The zero-order valence-corrected chi connectivity index (χ0v) is 21.5. The van der Waals surface area contributed by atoms with Crippen molar-refractivity contribution in [1.29, 1.82) is 0 Å². The minimum Gasteiger partial charge on any atom is -0.508 e. The van der Waals surface area contributed by atoms with Gasteiger partial charge in [-0.1, -0.05) is 43.9 Å². The maximum Gasteiger partial charge on any atom is 0.273 e. The van der Waals surface area contributed by atoms with Crippen LogP contribution in [0, 0.1) is 17.8 Å². The van der Waals surface area contributed by atoms with Crippen molar-refractivity contribution in [2.24, 2.45) is 17.8 Å². The van der Waals surface area contributed by atoms with Crippen LogP contribution in [-0.4, -0.2) is 38.7 Å². The summed E-state index contributed by atoms with van der Waals surface area (Å²) in [6.07, 6.45) is 7.27. The van der Waals surface area contributed by atoms with Gasteiger partial charge in [-0.3, -0.25) is 0 Å². The molecule has 1 saturated heterocycles. The highest BCUT2D eigenvalue weighted by Crippen LogP contribution is 2.54. The van der Waals surface area contributed by atoms with Gasteiger partial charge >= 0.3 is 0 Å². The number of piperidine rings is 1. The lowest BCUT2D eigenvalue weighted by Crippen LogP contribution is -2.39. The summed E-state index contributed by atoms with van der Waals surface area (Å²) >= 11 is 0. The van der Waals surface area contributed by atoms with E-state index in [9.17, 15) is 5.11 Å². The van der Waals surface area contributed by atoms with Crippen LogP contribution in [0.15, 0.2) is 42.5 Å². The highest BCUT2D eigenvalue weighted by molar-refractivity contribution is 5.52. The number of halogens is 2. The summed E-state index contributed by atoms with van der Waals surface area (Å²) in [5, 5.41) is 9.98. The van der Waals surface area contributed by atoms with Crippen LogP contribution in [0.4, 0.5) is 14.5 Å². The minimum atomic E-state index is -2.92. The van der Waals surface area contributed by atoms with Crippen molar-refractivity contribution in [3.63, 3.8) is 0 Å². The number of hydrogen-bond acceptors (Lipinski definition) is 4. The molecule has 1 heterocycles. The van der Waals surface area contributed by atoms with Crippen LogP contribution in [0.5, 0.6) is 5.75 Å². The van der Waals surface area contributed by atoms with Crippen molar-refractivity contribution in [2.45, 2.75) is 69.5 Å². The molecule has 2 fully saturated rings. The molecule has 0 amide bonds. The fourth-order valence-corrected chi connectivity index (χ4v) is 7.09. The smallest absolute Gasteiger partial charge is 0.273 e. The van der Waals surface area contributed by atoms with Gasteiger partial charge in [-0.25, -0.2) is 8.78 Å². The van der Waals surface area contributed by atoms with Gasteiger partial charge in [-0.15, -0.1) is 0 Å². The highest BCUT2D eigenvalue weighted by atomic mass is 19.3. The second-order valence-electron chi connectivity index (χ2n) is 11.1. The van der Waals surface area contributed by atoms with Gasteiger partial charge in [0, 0.05) is 56.8 Å². The SMILES string of the molecule is COC(OC)C1CCN(c2ccc([C@H]3c4ccc(O)cc4C(F)(F)C[C@H]3CC3CCCC3)cc2)CC1. The van der Waals surface area contributed by atoms with Gasteiger partial charge in [-0.05, 0) is 66.5 Å². The molecule has 0 radical (unpaired) electrons. The molecule has 2 aliphatic carbocycles. The number of nitrogens with zero attached hydrogens (tertiary/aromatic N) is 1. The number of ether oxygens (including phenoxy) is 2. The Hall–Kier alpha value is -2.18. The molecule has 1 saturated carbocycles. The predicted molar refractivity (Wildman–Crippen MR) is 138 cm³/mol. The van der Waals surface area contributed by atoms with Crippen molar-refractivity contribution in [3.8, 4) is 5.75 Å². The van der Waals surface area contributed by atoms with E-state index in [2.05, 4.69) is 29.2 Å². The zero-order chi connectivity index (χ0) is 25.3. The van der Waals surface area contributed by atoms with Crippen LogP contribution in [0.3, 0.4) is 0 Å². The number of phenolic OH excluding ortho intramolecular Hbond substituents is 1. The molecule has 2 aromatic rings. The molecule has 6 heteroatoms. The van der Waals surface area contributed by atoms with Crippen LogP contribution < -0.4 is 4.90 Å². The molecule has 0 bridgehead atoms. The fraction of sp³-hybridized carbons (Fsp3) is 0.600. The van der Waals surface area contributed by atoms with E-state index in [4.69, 9.17) is 9.47 Å². The summed E-state index contributed by atoms with van der Waals surface area (Å²) in [6, 6.07) is 13.1. The van der Waals surface area contributed by atoms with Crippen LogP contribution in [0.25, 0.3) is 0 Å². The number of benzene rings is 2. The molecular formula is C30H39F2NO3. The highest BCUT2D eigenvalue weighted by Gasteiger charge is 2.47. The van der Waals surface area contributed by atoms with Gasteiger partial charge in [-0.2, -0.15) is 0 Å². The monoisotopic (exact) mass is 499 g/mol. The van der Waals surface area contributed by atoms with Crippen molar-refractivity contribution in [1.82, 2.24) is 0 Å². The topological polar surface area (TPSA) is 41.9 Å². The number of phenols is 1. The third kappa shape index (κ3) is 5.12. The van der Waals surface area contributed by atoms with E-state index in [1.807, 2.05) is 0 Å². The maximum absolute atomic E-state index is 15.3. The summed E-state index contributed by atoms with van der Waals surface area (Å²) in [5.74, 6) is -2.27. The standard InChI is InChI=1S/C30H39F2NO3/c1-35-29(36-2)22-13-15-33(16-14-22)24-9-7-21(8-10-24)28-23(17-20-5-3-4-6-20)19-30(31,32)27-18-25(34)11-12-26(27)28/h7-12,18,20,22-23,28-29,34H,3-6,13-17,19H2,1-2H3/t23-,28-/m1/s1. The lowest BCUT2D eigenvalue weighted by Gasteiger charge is -2.40. The lowest BCUT2D eigenvalue weighted by atomic mass is 9.67. The first kappa shape index (κ1) is 25.5. The quantitative estimate of drug-likeness (QED) is 0.415. The van der Waals surface area contributed by atoms with Gasteiger partial charge in [0.2, 0.25) is 0 Å². The van der Waals surface area contributed by atoms with Crippen molar-refractivity contribution < 1.29 is 23.4 Å². The third-order valence-electron chi connectivity index (χ3n) is 8.87. The van der Waals surface area contributed by atoms with Crippen LogP contribution in [-0.2, 0) is 15.4 Å². The summed E-state index contributed by atoms with van der Waals surface area (Å²) in [4.78, 5) is 2.39. The molecule has 36 heavy (non-hydrogen) atoms. The Morgan fingerprint density at radius 2 is 1.64 bits per heavy atom. The zero-order valence-electron chi connectivity index (χ0n) is 21.5. The molecule has 4 nitrogen and oxygen atoms in total. The summed E-state index contributed by atoms with van der Waals surface area (Å²) < 4.78 is 41.5. The molecule has 1 aliphatic heterocycles. The average Bonchev–Trinajstić information content (AvgIpc) is 3.39. The molecule has 196 valence electrons. The predicted octanol–water partition coefficient (Wildman–Crippen LogP) is 7.05. The number of anilines is 1. The number of fused-ring (bicyclic) bond motifs is 1. The molecular weight excluding hydrogens is 460 g/mol. The Labute approximate surface area is 213 Å². The van der Waals surface area contributed by atoms with Gasteiger partial charge in [0.15, 0.2) is 6.29 Å². The van der Waals surface area contributed by atoms with Gasteiger partial charge in [0.1, 0.15) is 5.75 Å². The Morgan fingerprint density at radius 3 is 2.28 bits per heavy atom. The first-order valence-electron chi connectivity index (χ1n) is 13.5. The maximum atomic E-state index is 15.3. The minimum absolute atomic E-state index is 0.00726. The van der Waals surface area contributed by atoms with E-state index in [0.717, 1.165) is 50.8 Å². The van der Waals surface area contributed by atoms with E-state index < -0.39 is 5.92 Å². The molecule has 1 N–H and O–H groups in total. The second kappa shape index (κ2) is 10.7. The first-order chi connectivity index (χ1) is 17.4. The Kier molecular flexibility index (Phi) is 7.55. The molecule has 5 rings (SSSR count). The van der Waals surface area contributed by atoms with Gasteiger partial charge in [0.25, 0.3) is 5.92 Å². The average molecular weight is 500 g/mol. The number of aromatic hydroxyl groups is 1. The summed E-state index contributed by atoms with van der Waals surface area (Å²) in [6.45, 7) is 1.88. The van der Waals surface area contributed by atoms with Gasteiger partial charge in [0.05, 0.1) is 0 Å². The van der Waals surface area contributed by atoms with Crippen LogP contribution in [0.1, 0.15) is 74.0 Å². The molecule has 0 spiro atoms. The molecule has 2 atom stereocenters. The van der Waals surface area contributed by atoms with E-state index >= 15 is 8.78 Å². The van der Waals surface area contributed by atoms with Gasteiger partial charge < -0.3 is 19.5 Å². The summed E-state index contributed by atoms with van der Waals surface area (Å²) in [5.41, 5.74) is 2.93. The second-order valence-corrected chi connectivity index (χ2v) is 11.1. The van der Waals surface area contributed by atoms with Crippen LogP contribution in [0.2, 0.25) is 0 Å². The van der Waals surface area contributed by atoms with E-state index in [-0.39, 0.29) is 35.9 Å². The molecule has 0 unspecified atom stereocenters. The van der Waals surface area contributed by atoms with Crippen molar-refractivity contribution in [2.75, 3.05) is 32.2 Å². The normalized spacial score (nSPS) is 24.9. The molecule has 2 aromatic carbocycles. The molecule has 0 aromatic heterocycles. The lowest BCUT2D eigenvalue weighted by molar-refractivity contribution is -0.141. The Morgan fingerprint density at radius 1 is 0.972 bits per heavy atom. The van der Waals surface area contributed by atoms with E-state index in [1.54, 1.807) is 26.4 Å². The van der Waals surface area contributed by atoms with Crippen LogP contribution >= 0.6 is 0 Å². The third-order valence-corrected chi connectivity index (χ3v) is 8.87. The fourth-order valence-electron chi connectivity index (χ4n) is 7.09. The van der Waals surface area contributed by atoms with E-state index in [0.29, 0.717) is 17.4 Å². The number of methoxy groups -OCH3 is 2. The first-order valence-corrected chi connectivity index (χ1v) is 13.5. The van der Waals surface area contributed by atoms with E-state index in [1.165, 1.54) is 24.6 Å². The Bertz CT molecular complexity index is 1010. The number of hydrogen-bond donors (Lipinski definition) is 1. The Balaban J connectivity index is 1.39. The van der Waals surface area contributed by atoms with Crippen molar-refractivity contribution >= 4 is 5.69 Å². The number of alkyl halides is 2. The largest absolute Gasteiger partial charge is 0.508 e. The number of rotatable bonds is 7.